The maximum atomic E-state index is 15.9. The summed E-state index contributed by atoms with van der Waals surface area (Å²) in [5.74, 6) is -7.94. The van der Waals surface area contributed by atoms with Crippen LogP contribution in [0.4, 0.5) is 4.79 Å². The fourth-order valence-electron chi connectivity index (χ4n) is 13.2. The van der Waals surface area contributed by atoms with Gasteiger partial charge in [0.15, 0.2) is 17.5 Å². The van der Waals surface area contributed by atoms with E-state index in [1.807, 2.05) is 0 Å². The lowest BCUT2D eigenvalue weighted by molar-refractivity contribution is -0.346. The number of carbonyl (C=O) groups excluding carboxylic acids is 10. The van der Waals surface area contributed by atoms with Crippen LogP contribution >= 0.6 is 0 Å². The van der Waals surface area contributed by atoms with Gasteiger partial charge in [0, 0.05) is 69.2 Å². The summed E-state index contributed by atoms with van der Waals surface area (Å²) in [5.41, 5.74) is -6.50. The van der Waals surface area contributed by atoms with Crippen LogP contribution in [0.15, 0.2) is 139 Å². The Morgan fingerprint density at radius 3 is 1.95 bits per heavy atom. The maximum absolute atomic E-state index is 15.9. The molecule has 9 rings (SSSR count). The minimum atomic E-state index is -2.52. The van der Waals surface area contributed by atoms with Crippen molar-refractivity contribution >= 4 is 59.3 Å². The van der Waals surface area contributed by atoms with Gasteiger partial charge in [-0.2, -0.15) is 0 Å². The van der Waals surface area contributed by atoms with Crippen molar-refractivity contribution in [1.82, 2.24) is 10.2 Å². The number of ketones is 2. The summed E-state index contributed by atoms with van der Waals surface area (Å²) in [5, 5.41) is 29.2. The van der Waals surface area contributed by atoms with Gasteiger partial charge in [-0.25, -0.2) is 14.4 Å². The summed E-state index contributed by atoms with van der Waals surface area (Å²) < 4.78 is 42.6. The Morgan fingerprint density at radius 2 is 1.35 bits per heavy atom. The predicted molar refractivity (Wildman–Crippen MR) is 311 cm³/mol. The number of nitrogens with one attached hydrogen (secondary N) is 1. The normalized spacial score (nSPS) is 26.5. The molecule has 0 radical (unpaired) electrons. The first-order valence-corrected chi connectivity index (χ1v) is 29.4. The Bertz CT molecular complexity index is 3380. The van der Waals surface area contributed by atoms with Crippen LogP contribution in [0.25, 0.3) is 0 Å². The quantitative estimate of drug-likeness (QED) is 0.0233. The van der Waals surface area contributed by atoms with Gasteiger partial charge in [-0.3, -0.25) is 38.5 Å². The fraction of sp³-hybridized carbons (Fsp3) is 0.433. The van der Waals surface area contributed by atoms with Crippen LogP contribution < -0.4 is 5.32 Å². The molecule has 464 valence electrons. The molecule has 2 heterocycles. The molecule has 5 aliphatic rings. The molecule has 2 unspecified atom stereocenters. The third-order valence-electron chi connectivity index (χ3n) is 18.0. The van der Waals surface area contributed by atoms with E-state index in [9.17, 15) is 48.6 Å². The second-order valence-electron chi connectivity index (χ2n) is 23.8. The molecular weight excluding hydrogens is 1140 g/mol. The van der Waals surface area contributed by atoms with Gasteiger partial charge in [0.1, 0.15) is 42.3 Å². The summed E-state index contributed by atoms with van der Waals surface area (Å²) in [4.78, 5) is 138. The number of Topliss-reactive ketones (excluding diaryl/α,β-unsaturated/α-hetero) is 2. The number of esters is 4. The molecule has 2 saturated carbocycles. The van der Waals surface area contributed by atoms with Crippen molar-refractivity contribution in [2.75, 3.05) is 13.2 Å². The number of aryl methyl sites for hydroxylation is 1. The van der Waals surface area contributed by atoms with Crippen molar-refractivity contribution in [2.24, 2.45) is 16.7 Å². The smallest absolute Gasteiger partial charge is 0.455 e. The number of rotatable bonds is 22. The largest absolute Gasteiger partial charge is 0.509 e. The van der Waals surface area contributed by atoms with Gasteiger partial charge in [-0.15, -0.1) is 0 Å². The number of ether oxygens (including phenoxy) is 7. The second kappa shape index (κ2) is 26.4. The lowest BCUT2D eigenvalue weighted by atomic mass is 9.44. The van der Waals surface area contributed by atoms with Gasteiger partial charge in [-0.05, 0) is 85.2 Å². The Hall–Kier alpha value is -8.66. The van der Waals surface area contributed by atoms with E-state index in [-0.39, 0.29) is 71.5 Å². The van der Waals surface area contributed by atoms with Crippen molar-refractivity contribution in [3.8, 4) is 0 Å². The van der Waals surface area contributed by atoms with Crippen LogP contribution in [0.2, 0.25) is 0 Å². The number of fused-ring (bicyclic) bond motifs is 5. The highest BCUT2D eigenvalue weighted by molar-refractivity contribution is 6.12. The van der Waals surface area contributed by atoms with Gasteiger partial charge < -0.3 is 48.7 Å². The molecule has 21 heteroatoms. The van der Waals surface area contributed by atoms with Crippen LogP contribution in [-0.2, 0) is 79.7 Å². The first-order chi connectivity index (χ1) is 41.9. The highest BCUT2D eigenvalue weighted by atomic mass is 16.7. The number of amides is 3. The van der Waals surface area contributed by atoms with Gasteiger partial charge in [0.2, 0.25) is 6.10 Å². The highest BCUT2D eigenvalue weighted by Crippen LogP contribution is 2.64. The summed E-state index contributed by atoms with van der Waals surface area (Å²) >= 11 is 0. The molecule has 3 fully saturated rings. The zero-order valence-electron chi connectivity index (χ0n) is 49.8. The predicted octanol–water partition coefficient (Wildman–Crippen LogP) is 7.08. The molecule has 3 amide bonds. The summed E-state index contributed by atoms with van der Waals surface area (Å²) in [7, 11) is 0. The van der Waals surface area contributed by atoms with E-state index in [0.29, 0.717) is 44.2 Å². The van der Waals surface area contributed by atoms with Crippen molar-refractivity contribution in [3.63, 3.8) is 0 Å². The monoisotopic (exact) mass is 1210 g/mol. The Morgan fingerprint density at radius 1 is 0.739 bits per heavy atom. The fourth-order valence-corrected chi connectivity index (χ4v) is 13.2. The van der Waals surface area contributed by atoms with Crippen molar-refractivity contribution in [2.45, 2.75) is 153 Å². The lowest BCUT2D eigenvalue weighted by Crippen LogP contribution is -2.82. The average Bonchev–Trinajstić information content (AvgIpc) is 0.707. The van der Waals surface area contributed by atoms with E-state index < -0.39 is 119 Å². The van der Waals surface area contributed by atoms with E-state index in [1.54, 1.807) is 91.0 Å². The molecule has 3 N–H and O–H groups in total. The van der Waals surface area contributed by atoms with Crippen LogP contribution in [0.3, 0.4) is 0 Å². The number of imide groups is 1. The molecule has 0 spiro atoms. The number of aliphatic hydroxyl groups is 2. The number of unbranched alkanes of at least 4 members (excludes halogenated alkanes) is 2. The molecule has 3 aliphatic carbocycles. The molecule has 0 aromatic heterocycles. The van der Waals surface area contributed by atoms with Crippen LogP contribution in [-0.4, -0.2) is 135 Å². The molecule has 4 aromatic rings. The average molecular weight is 1210 g/mol. The first kappa shape index (κ1) is 63.8. The molecule has 21 nitrogen and oxygen atoms in total. The Kier molecular flexibility index (Phi) is 19.1. The SMILES string of the molecule is CC(=O)O[C@H]1C(=O)[C@@]2(C)C(C(OC(=O)c3ccccc3)[C@]3(O)C[C@H](OC(=O)[C@H](OC(=O)OCc4ccc(CCC(=O)CCCCCN5C(=O)C=CC5=O)cc4)[C@@H](NC(=O)c4ccccc4)c4ccccc4)C(C)=C1C3(C)C)[C@]1(OC(C)=O)CO[C@@H]1C[C@@H]2O. The number of benzene rings is 4. The van der Waals surface area contributed by atoms with E-state index in [2.05, 4.69) is 5.32 Å². The summed E-state index contributed by atoms with van der Waals surface area (Å²) in [6.07, 6.45) is -7.22. The maximum Gasteiger partial charge on any atom is 0.509 e. The van der Waals surface area contributed by atoms with E-state index >= 15 is 9.59 Å². The van der Waals surface area contributed by atoms with Crippen LogP contribution in [0, 0.1) is 16.7 Å². The van der Waals surface area contributed by atoms with E-state index in [1.165, 1.54) is 69.0 Å². The first-order valence-electron chi connectivity index (χ1n) is 29.4. The third-order valence-corrected chi connectivity index (χ3v) is 18.0. The summed E-state index contributed by atoms with van der Waals surface area (Å²) in [6, 6.07) is 29.3. The number of hydrogen-bond donors (Lipinski definition) is 3. The molecule has 88 heavy (non-hydrogen) atoms. The lowest BCUT2D eigenvalue weighted by Gasteiger charge is -2.67. The summed E-state index contributed by atoms with van der Waals surface area (Å²) in [6.45, 7) is 7.69. The van der Waals surface area contributed by atoms with Crippen LogP contribution in [0.5, 0.6) is 0 Å². The van der Waals surface area contributed by atoms with Crippen molar-refractivity contribution < 1.29 is 91.3 Å². The second-order valence-corrected chi connectivity index (χ2v) is 23.8. The zero-order valence-corrected chi connectivity index (χ0v) is 49.8. The Labute approximate surface area is 508 Å². The van der Waals surface area contributed by atoms with Crippen molar-refractivity contribution in [3.05, 3.63) is 166 Å². The standard InChI is InChI=1S/C67H72N2O19/c1-39-48(36-67(81)59(87-61(78)46-23-15-9-16-24-46)57-65(6,49(73)35-50-66(57,38-83-50)88-41(3)71)58(76)55(84-40(2)70)53(39)64(67,4)5)85-62(79)56(54(44-19-11-7-12-20-44)68-60(77)45-21-13-8-14-22-45)86-63(80)82-37-43-28-26-42(27-29-43)30-31-47(72)25-17-10-18-34-69-51(74)32-33-52(69)75/h7-9,11-16,19-24,26-29,32-33,48-50,54-57,59,73,81H,10,17-18,25,30-31,34-38H2,1-6H3,(H,68,77)/t48-,49-,50+,54-,55+,56+,57?,59?,65+,66-,67+/m0/s1. The minimum Gasteiger partial charge on any atom is -0.455 e. The zero-order chi connectivity index (χ0) is 63.3. The van der Waals surface area contributed by atoms with E-state index in [4.69, 9.17) is 33.2 Å². The minimum absolute atomic E-state index is 0.0205. The van der Waals surface area contributed by atoms with Gasteiger partial charge in [-0.1, -0.05) is 111 Å². The molecular formula is C67H72N2O19. The van der Waals surface area contributed by atoms with Crippen LogP contribution in [0.1, 0.15) is 130 Å². The number of hydrogen-bond acceptors (Lipinski definition) is 19. The van der Waals surface area contributed by atoms with Gasteiger partial charge in [0.05, 0.1) is 29.6 Å². The van der Waals surface area contributed by atoms with E-state index in [0.717, 1.165) is 19.4 Å². The number of carbonyl (C=O) groups is 10. The molecule has 2 aliphatic heterocycles. The molecule has 2 bridgehead atoms. The number of aliphatic hydroxyl groups excluding tert-OH is 1. The highest BCUT2D eigenvalue weighted by Gasteiger charge is 2.78. The van der Waals surface area contributed by atoms with Gasteiger partial charge >= 0.3 is 30.0 Å². The Balaban J connectivity index is 1.03. The van der Waals surface area contributed by atoms with Crippen molar-refractivity contribution in [1.29, 1.82) is 0 Å². The third kappa shape index (κ3) is 12.8. The molecule has 1 saturated heterocycles. The van der Waals surface area contributed by atoms with Gasteiger partial charge in [0.25, 0.3) is 17.7 Å². The molecule has 4 aromatic carbocycles. The molecule has 11 atom stereocenters. The number of nitrogens with zero attached hydrogens (tertiary/aromatic N) is 1. The topological polar surface area (TPSA) is 291 Å².